The number of anilines is 1. The maximum Gasteiger partial charge on any atom is 0.125 e. The van der Waals surface area contributed by atoms with Crippen LogP contribution < -0.4 is 10.2 Å². The fourth-order valence-corrected chi connectivity index (χ4v) is 2.22. The van der Waals surface area contributed by atoms with Crippen LogP contribution in [0.2, 0.25) is 0 Å². The topological polar surface area (TPSA) is 41.1 Å². The Kier molecular flexibility index (Phi) is 2.86. The number of hydrogen-bond acceptors (Lipinski definition) is 4. The highest BCUT2D eigenvalue weighted by Gasteiger charge is 2.16. The number of hydrogen-bond donors (Lipinski definition) is 1. The Morgan fingerprint density at radius 1 is 1.00 bits per heavy atom. The summed E-state index contributed by atoms with van der Waals surface area (Å²) in [5.41, 5.74) is 3.42. The lowest BCUT2D eigenvalue weighted by molar-refractivity contribution is 0.585. The van der Waals surface area contributed by atoms with E-state index in [9.17, 15) is 0 Å². The summed E-state index contributed by atoms with van der Waals surface area (Å²) in [5.74, 6) is 0.865. The van der Waals surface area contributed by atoms with Gasteiger partial charge in [-0.3, -0.25) is 0 Å². The zero-order valence-corrected chi connectivity index (χ0v) is 9.67. The Hall–Kier alpha value is -1.16. The van der Waals surface area contributed by atoms with E-state index in [0.717, 1.165) is 43.4 Å². The quantitative estimate of drug-likeness (QED) is 0.738. The summed E-state index contributed by atoms with van der Waals surface area (Å²) in [5, 5.41) is 3.35. The minimum absolute atomic E-state index is 0.865. The molecule has 1 aliphatic rings. The molecule has 1 aliphatic heterocycles. The average molecular weight is 206 g/mol. The van der Waals surface area contributed by atoms with Crippen LogP contribution in [0.4, 0.5) is 5.69 Å². The lowest BCUT2D eigenvalue weighted by atomic mass is 10.2. The van der Waals surface area contributed by atoms with E-state index in [1.807, 2.05) is 6.92 Å². The van der Waals surface area contributed by atoms with Crippen molar-refractivity contribution in [3.8, 4) is 0 Å². The summed E-state index contributed by atoms with van der Waals surface area (Å²) in [6.07, 6.45) is 0. The zero-order chi connectivity index (χ0) is 10.8. The number of nitrogens with one attached hydrogen (secondary N) is 1. The Morgan fingerprint density at radius 3 is 2.07 bits per heavy atom. The molecule has 4 heteroatoms. The second kappa shape index (κ2) is 4.14. The lowest BCUT2D eigenvalue weighted by Crippen LogP contribution is -2.44. The minimum atomic E-state index is 0.865. The summed E-state index contributed by atoms with van der Waals surface area (Å²) >= 11 is 0. The van der Waals surface area contributed by atoms with Crippen LogP contribution in [-0.2, 0) is 0 Å². The van der Waals surface area contributed by atoms with Crippen molar-refractivity contribution in [1.29, 1.82) is 0 Å². The Bertz CT molecular complexity index is 333. The van der Waals surface area contributed by atoms with Gasteiger partial charge in [-0.15, -0.1) is 0 Å². The van der Waals surface area contributed by atoms with E-state index in [0.29, 0.717) is 0 Å². The third-order valence-corrected chi connectivity index (χ3v) is 2.78. The molecule has 2 heterocycles. The van der Waals surface area contributed by atoms with Gasteiger partial charge in [-0.05, 0) is 20.8 Å². The largest absolute Gasteiger partial charge is 0.366 e. The van der Waals surface area contributed by atoms with Gasteiger partial charge in [-0.25, -0.2) is 9.97 Å². The van der Waals surface area contributed by atoms with Crippen LogP contribution >= 0.6 is 0 Å². The fourth-order valence-electron chi connectivity index (χ4n) is 2.22. The van der Waals surface area contributed by atoms with Crippen molar-refractivity contribution < 1.29 is 0 Å². The molecule has 0 spiro atoms. The normalized spacial score (nSPS) is 16.9. The van der Waals surface area contributed by atoms with Crippen molar-refractivity contribution in [1.82, 2.24) is 15.3 Å². The van der Waals surface area contributed by atoms with Crippen molar-refractivity contribution in [2.75, 3.05) is 31.1 Å². The van der Waals surface area contributed by atoms with Gasteiger partial charge in [0, 0.05) is 26.2 Å². The molecule has 0 unspecified atom stereocenters. The van der Waals surface area contributed by atoms with E-state index >= 15 is 0 Å². The number of aromatic nitrogens is 2. The first-order chi connectivity index (χ1) is 7.18. The molecule has 4 nitrogen and oxygen atoms in total. The molecule has 0 bridgehead atoms. The number of piperazine rings is 1. The van der Waals surface area contributed by atoms with Gasteiger partial charge in [0.15, 0.2) is 0 Å². The predicted octanol–water partition coefficient (Wildman–Crippen LogP) is 0.811. The van der Waals surface area contributed by atoms with Crippen LogP contribution in [0.5, 0.6) is 0 Å². The van der Waals surface area contributed by atoms with Gasteiger partial charge in [0.25, 0.3) is 0 Å². The van der Waals surface area contributed by atoms with E-state index in [1.54, 1.807) is 0 Å². The Morgan fingerprint density at radius 2 is 1.53 bits per heavy atom. The smallest absolute Gasteiger partial charge is 0.125 e. The molecule has 0 saturated carbocycles. The molecule has 0 radical (unpaired) electrons. The van der Waals surface area contributed by atoms with Crippen molar-refractivity contribution in [2.45, 2.75) is 20.8 Å². The van der Waals surface area contributed by atoms with Gasteiger partial charge in [0.05, 0.1) is 17.1 Å². The summed E-state index contributed by atoms with van der Waals surface area (Å²) in [7, 11) is 0. The molecule has 0 amide bonds. The van der Waals surface area contributed by atoms with Crippen molar-refractivity contribution in [3.63, 3.8) is 0 Å². The van der Waals surface area contributed by atoms with Gasteiger partial charge in [-0.2, -0.15) is 0 Å². The molecule has 1 fully saturated rings. The molecule has 1 saturated heterocycles. The molecular weight excluding hydrogens is 188 g/mol. The van der Waals surface area contributed by atoms with E-state index < -0.39 is 0 Å². The van der Waals surface area contributed by atoms with Crippen LogP contribution in [0.15, 0.2) is 0 Å². The third kappa shape index (κ3) is 2.09. The summed E-state index contributed by atoms with van der Waals surface area (Å²) in [6, 6.07) is 0. The first kappa shape index (κ1) is 10.4. The molecule has 1 aromatic heterocycles. The SMILES string of the molecule is Cc1nc(C)c(N2CCNCC2)c(C)n1. The zero-order valence-electron chi connectivity index (χ0n) is 9.67. The Labute approximate surface area is 90.7 Å². The minimum Gasteiger partial charge on any atom is -0.366 e. The van der Waals surface area contributed by atoms with E-state index in [2.05, 4.69) is 34.0 Å². The molecule has 1 aromatic rings. The molecule has 0 atom stereocenters. The van der Waals surface area contributed by atoms with E-state index in [4.69, 9.17) is 0 Å². The lowest BCUT2D eigenvalue weighted by Gasteiger charge is -2.31. The maximum atomic E-state index is 4.44. The van der Waals surface area contributed by atoms with Crippen LogP contribution in [0.3, 0.4) is 0 Å². The van der Waals surface area contributed by atoms with Gasteiger partial charge < -0.3 is 10.2 Å². The second-order valence-electron chi connectivity index (χ2n) is 4.03. The number of rotatable bonds is 1. The van der Waals surface area contributed by atoms with Gasteiger partial charge in [0.2, 0.25) is 0 Å². The van der Waals surface area contributed by atoms with Crippen LogP contribution in [0, 0.1) is 20.8 Å². The van der Waals surface area contributed by atoms with Crippen LogP contribution in [-0.4, -0.2) is 36.1 Å². The number of aryl methyl sites for hydroxylation is 3. The molecule has 1 N–H and O–H groups in total. The van der Waals surface area contributed by atoms with Crippen LogP contribution in [0.1, 0.15) is 17.2 Å². The van der Waals surface area contributed by atoms with E-state index in [1.165, 1.54) is 5.69 Å². The van der Waals surface area contributed by atoms with Crippen molar-refractivity contribution in [2.24, 2.45) is 0 Å². The third-order valence-electron chi connectivity index (χ3n) is 2.78. The Balaban J connectivity index is 2.33. The van der Waals surface area contributed by atoms with Gasteiger partial charge in [0.1, 0.15) is 5.82 Å². The molecule has 0 aliphatic carbocycles. The first-order valence-electron chi connectivity index (χ1n) is 5.46. The fraction of sp³-hybridized carbons (Fsp3) is 0.636. The van der Waals surface area contributed by atoms with Crippen molar-refractivity contribution >= 4 is 5.69 Å². The highest BCUT2D eigenvalue weighted by Crippen LogP contribution is 2.22. The monoisotopic (exact) mass is 206 g/mol. The second-order valence-corrected chi connectivity index (χ2v) is 4.03. The maximum absolute atomic E-state index is 4.44. The standard InChI is InChI=1S/C11H18N4/c1-8-11(9(2)14-10(3)13-8)15-6-4-12-5-7-15/h12H,4-7H2,1-3H3. The van der Waals surface area contributed by atoms with Crippen molar-refractivity contribution in [3.05, 3.63) is 17.2 Å². The molecule has 82 valence electrons. The van der Waals surface area contributed by atoms with Gasteiger partial charge in [-0.1, -0.05) is 0 Å². The summed E-state index contributed by atoms with van der Waals surface area (Å²) < 4.78 is 0. The molecule has 15 heavy (non-hydrogen) atoms. The number of nitrogens with zero attached hydrogens (tertiary/aromatic N) is 3. The van der Waals surface area contributed by atoms with Gasteiger partial charge >= 0.3 is 0 Å². The first-order valence-corrected chi connectivity index (χ1v) is 5.46. The van der Waals surface area contributed by atoms with Crippen LogP contribution in [0.25, 0.3) is 0 Å². The molecule has 0 aromatic carbocycles. The highest BCUT2D eigenvalue weighted by atomic mass is 15.2. The average Bonchev–Trinajstić information content (AvgIpc) is 2.17. The molecular formula is C11H18N4. The predicted molar refractivity (Wildman–Crippen MR) is 61.3 cm³/mol. The van der Waals surface area contributed by atoms with E-state index in [-0.39, 0.29) is 0 Å². The highest BCUT2D eigenvalue weighted by molar-refractivity contribution is 5.54. The molecule has 2 rings (SSSR count). The summed E-state index contributed by atoms with van der Waals surface area (Å²) in [4.78, 5) is 11.2. The summed E-state index contributed by atoms with van der Waals surface area (Å²) in [6.45, 7) is 10.3.